The summed E-state index contributed by atoms with van der Waals surface area (Å²) in [4.78, 5) is 12.1. The van der Waals surface area contributed by atoms with Crippen LogP contribution in [0.5, 0.6) is 0 Å². The maximum atomic E-state index is 12.1. The standard InChI is InChI=1S/C14H18ClNO/c1-9-3-6-12(7-9)16-14(17)13-8-11(15)5-4-10(13)2/h4-5,8-9,12H,3,6-7H2,1-2H3,(H,16,17). The molecule has 1 fully saturated rings. The Balaban J connectivity index is 2.06. The molecular formula is C14H18ClNO. The van der Waals surface area contributed by atoms with Crippen LogP contribution in [-0.4, -0.2) is 11.9 Å². The molecule has 0 radical (unpaired) electrons. The van der Waals surface area contributed by atoms with Gasteiger partial charge in [-0.15, -0.1) is 0 Å². The van der Waals surface area contributed by atoms with Crippen LogP contribution in [0.4, 0.5) is 0 Å². The van der Waals surface area contributed by atoms with E-state index in [2.05, 4.69) is 12.2 Å². The van der Waals surface area contributed by atoms with Gasteiger partial charge in [0.15, 0.2) is 0 Å². The van der Waals surface area contributed by atoms with Crippen molar-refractivity contribution < 1.29 is 4.79 Å². The summed E-state index contributed by atoms with van der Waals surface area (Å²) in [6.07, 6.45) is 3.39. The predicted octanol–water partition coefficient (Wildman–Crippen LogP) is 3.57. The van der Waals surface area contributed by atoms with E-state index in [0.717, 1.165) is 24.3 Å². The van der Waals surface area contributed by atoms with Gasteiger partial charge in [0.2, 0.25) is 0 Å². The highest BCUT2D eigenvalue weighted by Crippen LogP contribution is 2.25. The minimum Gasteiger partial charge on any atom is -0.349 e. The lowest BCUT2D eigenvalue weighted by Gasteiger charge is -2.13. The van der Waals surface area contributed by atoms with Gasteiger partial charge in [-0.25, -0.2) is 0 Å². The minimum atomic E-state index is 0.00380. The van der Waals surface area contributed by atoms with Gasteiger partial charge < -0.3 is 5.32 Å². The van der Waals surface area contributed by atoms with Crippen molar-refractivity contribution in [2.24, 2.45) is 5.92 Å². The van der Waals surface area contributed by atoms with Gasteiger partial charge in [0.05, 0.1) is 0 Å². The molecule has 0 bridgehead atoms. The number of carbonyl (C=O) groups is 1. The zero-order chi connectivity index (χ0) is 12.4. The number of aryl methyl sites for hydroxylation is 1. The van der Waals surface area contributed by atoms with E-state index in [0.29, 0.717) is 16.6 Å². The zero-order valence-corrected chi connectivity index (χ0v) is 11.1. The molecule has 1 aliphatic carbocycles. The maximum absolute atomic E-state index is 12.1. The van der Waals surface area contributed by atoms with Gasteiger partial charge in [-0.05, 0) is 49.8 Å². The largest absolute Gasteiger partial charge is 0.349 e. The molecule has 1 amide bonds. The van der Waals surface area contributed by atoms with Crippen LogP contribution in [0.15, 0.2) is 18.2 Å². The Morgan fingerprint density at radius 3 is 2.82 bits per heavy atom. The number of hydrogen-bond donors (Lipinski definition) is 1. The highest BCUT2D eigenvalue weighted by atomic mass is 35.5. The molecule has 17 heavy (non-hydrogen) atoms. The summed E-state index contributed by atoms with van der Waals surface area (Å²) in [5, 5.41) is 3.71. The monoisotopic (exact) mass is 251 g/mol. The molecule has 0 aromatic heterocycles. The van der Waals surface area contributed by atoms with Crippen LogP contribution < -0.4 is 5.32 Å². The molecule has 92 valence electrons. The van der Waals surface area contributed by atoms with Crippen molar-refractivity contribution in [3.8, 4) is 0 Å². The molecule has 1 aliphatic rings. The van der Waals surface area contributed by atoms with Gasteiger partial charge in [0.1, 0.15) is 0 Å². The second kappa shape index (κ2) is 5.09. The van der Waals surface area contributed by atoms with E-state index in [1.807, 2.05) is 19.1 Å². The first-order chi connectivity index (χ1) is 8.06. The average Bonchev–Trinajstić information content (AvgIpc) is 2.67. The number of benzene rings is 1. The van der Waals surface area contributed by atoms with E-state index in [9.17, 15) is 4.79 Å². The van der Waals surface area contributed by atoms with E-state index < -0.39 is 0 Å². The molecule has 1 aromatic rings. The Kier molecular flexibility index (Phi) is 3.72. The van der Waals surface area contributed by atoms with Crippen molar-refractivity contribution in [3.63, 3.8) is 0 Å². The fourth-order valence-corrected chi connectivity index (χ4v) is 2.61. The smallest absolute Gasteiger partial charge is 0.251 e. The zero-order valence-electron chi connectivity index (χ0n) is 10.3. The Hall–Kier alpha value is -1.02. The molecule has 1 saturated carbocycles. The van der Waals surface area contributed by atoms with Crippen molar-refractivity contribution in [2.75, 3.05) is 0 Å². The van der Waals surface area contributed by atoms with Crippen LogP contribution in [0, 0.1) is 12.8 Å². The number of carbonyl (C=O) groups excluding carboxylic acids is 1. The third-order valence-corrected chi connectivity index (χ3v) is 3.71. The summed E-state index contributed by atoms with van der Waals surface area (Å²) < 4.78 is 0. The van der Waals surface area contributed by atoms with Gasteiger partial charge in [0.25, 0.3) is 5.91 Å². The number of amides is 1. The van der Waals surface area contributed by atoms with E-state index in [4.69, 9.17) is 11.6 Å². The maximum Gasteiger partial charge on any atom is 0.251 e. The molecule has 2 unspecified atom stereocenters. The molecule has 0 aliphatic heterocycles. The Bertz CT molecular complexity index is 430. The van der Waals surface area contributed by atoms with E-state index in [1.165, 1.54) is 6.42 Å². The van der Waals surface area contributed by atoms with Gasteiger partial charge >= 0.3 is 0 Å². The SMILES string of the molecule is Cc1ccc(Cl)cc1C(=O)NC1CCC(C)C1. The third kappa shape index (κ3) is 3.01. The third-order valence-electron chi connectivity index (χ3n) is 3.47. The molecule has 0 heterocycles. The molecule has 0 spiro atoms. The Morgan fingerprint density at radius 2 is 2.18 bits per heavy atom. The average molecular weight is 252 g/mol. The Labute approximate surface area is 107 Å². The lowest BCUT2D eigenvalue weighted by molar-refractivity contribution is 0.0936. The van der Waals surface area contributed by atoms with Crippen LogP contribution >= 0.6 is 11.6 Å². The first-order valence-electron chi connectivity index (χ1n) is 6.13. The molecular weight excluding hydrogens is 234 g/mol. The van der Waals surface area contributed by atoms with Crippen LogP contribution in [0.25, 0.3) is 0 Å². The highest BCUT2D eigenvalue weighted by molar-refractivity contribution is 6.31. The first-order valence-corrected chi connectivity index (χ1v) is 6.51. The van der Waals surface area contributed by atoms with E-state index >= 15 is 0 Å². The van der Waals surface area contributed by atoms with Gasteiger partial charge in [-0.3, -0.25) is 4.79 Å². The van der Waals surface area contributed by atoms with E-state index in [1.54, 1.807) is 6.07 Å². The van der Waals surface area contributed by atoms with Crippen LogP contribution in [0.3, 0.4) is 0 Å². The molecule has 1 aromatic carbocycles. The lowest BCUT2D eigenvalue weighted by atomic mass is 10.1. The fourth-order valence-electron chi connectivity index (χ4n) is 2.44. The number of nitrogens with one attached hydrogen (secondary N) is 1. The number of halogens is 1. The fraction of sp³-hybridized carbons (Fsp3) is 0.500. The lowest BCUT2D eigenvalue weighted by Crippen LogP contribution is -2.33. The molecule has 1 N–H and O–H groups in total. The molecule has 2 atom stereocenters. The molecule has 2 nitrogen and oxygen atoms in total. The van der Waals surface area contributed by atoms with Crippen LogP contribution in [-0.2, 0) is 0 Å². The van der Waals surface area contributed by atoms with E-state index in [-0.39, 0.29) is 5.91 Å². The van der Waals surface area contributed by atoms with Crippen LogP contribution in [0.1, 0.15) is 42.1 Å². The summed E-state index contributed by atoms with van der Waals surface area (Å²) in [6.45, 7) is 4.17. The summed E-state index contributed by atoms with van der Waals surface area (Å²) in [7, 11) is 0. The predicted molar refractivity (Wildman–Crippen MR) is 70.5 cm³/mol. The van der Waals surface area contributed by atoms with Gasteiger partial charge in [0, 0.05) is 16.6 Å². The number of hydrogen-bond acceptors (Lipinski definition) is 1. The minimum absolute atomic E-state index is 0.00380. The number of rotatable bonds is 2. The first kappa shape index (κ1) is 12.4. The second-order valence-electron chi connectivity index (χ2n) is 5.05. The highest BCUT2D eigenvalue weighted by Gasteiger charge is 2.23. The Morgan fingerprint density at radius 1 is 1.41 bits per heavy atom. The van der Waals surface area contributed by atoms with Gasteiger partial charge in [-0.1, -0.05) is 24.6 Å². The van der Waals surface area contributed by atoms with Crippen molar-refractivity contribution in [1.29, 1.82) is 0 Å². The van der Waals surface area contributed by atoms with Crippen molar-refractivity contribution in [3.05, 3.63) is 34.3 Å². The summed E-state index contributed by atoms with van der Waals surface area (Å²) in [5.41, 5.74) is 1.66. The topological polar surface area (TPSA) is 29.1 Å². The van der Waals surface area contributed by atoms with Crippen LogP contribution in [0.2, 0.25) is 5.02 Å². The summed E-state index contributed by atoms with van der Waals surface area (Å²) in [5.74, 6) is 0.727. The molecule has 2 rings (SSSR count). The second-order valence-corrected chi connectivity index (χ2v) is 5.48. The molecule has 3 heteroatoms. The van der Waals surface area contributed by atoms with Crippen molar-refractivity contribution in [2.45, 2.75) is 39.2 Å². The molecule has 0 saturated heterocycles. The van der Waals surface area contributed by atoms with Gasteiger partial charge in [-0.2, -0.15) is 0 Å². The summed E-state index contributed by atoms with van der Waals surface area (Å²) in [6, 6.07) is 5.76. The van der Waals surface area contributed by atoms with Crippen molar-refractivity contribution in [1.82, 2.24) is 5.32 Å². The van der Waals surface area contributed by atoms with Crippen molar-refractivity contribution >= 4 is 17.5 Å². The summed E-state index contributed by atoms with van der Waals surface area (Å²) >= 11 is 5.92. The quantitative estimate of drug-likeness (QED) is 0.856. The normalized spacial score (nSPS) is 23.7.